The first-order valence-electron chi connectivity index (χ1n) is 10.5. The van der Waals surface area contributed by atoms with E-state index in [-0.39, 0.29) is 22.9 Å². The van der Waals surface area contributed by atoms with Crippen molar-refractivity contribution >= 4 is 41.1 Å². The first kappa shape index (κ1) is 25.2. The van der Waals surface area contributed by atoms with Gasteiger partial charge in [0, 0.05) is 25.9 Å². The Balaban J connectivity index is 1.87. The first-order chi connectivity index (χ1) is 14.8. The topological polar surface area (TPSA) is 103 Å². The summed E-state index contributed by atoms with van der Waals surface area (Å²) >= 11 is 11.9. The fourth-order valence-corrected chi connectivity index (χ4v) is 3.31. The molecule has 0 aliphatic rings. The lowest BCUT2D eigenvalue weighted by atomic mass is 9.91. The highest BCUT2D eigenvalue weighted by Gasteiger charge is 2.11. The zero-order valence-corrected chi connectivity index (χ0v) is 19.7. The Kier molecular flexibility index (Phi) is 10.3. The molecule has 0 amide bonds. The average molecular weight is 468 g/mol. The molecule has 0 spiro atoms. The van der Waals surface area contributed by atoms with Crippen molar-refractivity contribution in [1.29, 1.82) is 5.41 Å². The Morgan fingerprint density at radius 3 is 2.65 bits per heavy atom. The summed E-state index contributed by atoms with van der Waals surface area (Å²) in [6.07, 6.45) is 3.24. The maximum absolute atomic E-state index is 12.5. The van der Waals surface area contributed by atoms with Crippen LogP contribution < -0.4 is 16.2 Å². The smallest absolute Gasteiger partial charge is 0.276 e. The van der Waals surface area contributed by atoms with E-state index in [1.807, 2.05) is 6.07 Å². The number of halogens is 2. The maximum atomic E-state index is 12.5. The summed E-state index contributed by atoms with van der Waals surface area (Å²) in [6.45, 7) is 8.72. The van der Waals surface area contributed by atoms with Gasteiger partial charge in [-0.25, -0.2) is 4.98 Å². The minimum Gasteiger partial charge on any atom is -0.380 e. The quantitative estimate of drug-likeness (QED) is 0.239. The van der Waals surface area contributed by atoms with Gasteiger partial charge < -0.3 is 20.8 Å². The van der Waals surface area contributed by atoms with Crippen LogP contribution in [0.4, 0.5) is 11.6 Å². The molecule has 0 fully saturated rings. The number of nitrogens with one attached hydrogen (secondary N) is 4. The molecule has 1 aromatic heterocycles. The van der Waals surface area contributed by atoms with Crippen molar-refractivity contribution in [2.45, 2.75) is 40.2 Å². The maximum Gasteiger partial charge on any atom is 0.276 e. The van der Waals surface area contributed by atoms with Crippen LogP contribution in [0.2, 0.25) is 10.0 Å². The van der Waals surface area contributed by atoms with Gasteiger partial charge >= 0.3 is 0 Å². The van der Waals surface area contributed by atoms with Crippen molar-refractivity contribution in [2.75, 3.05) is 30.4 Å². The number of rotatable bonds is 13. The standard InChI is InChI=1S/C22H31Cl2N5O2/c1-4-14(2)15(3)7-9-31-10-8-26-20-19(12-25)28-22(29-21(20)30)27-13-16-5-6-17(23)18(24)11-16/h5-6,11-12,14-15,25-26H,4,7-10,13H2,1-3H3,(H2,27,28,29,30)/t14?,15-/m0/s1. The van der Waals surface area contributed by atoms with Crippen molar-refractivity contribution in [3.63, 3.8) is 0 Å². The van der Waals surface area contributed by atoms with E-state index in [1.54, 1.807) is 12.1 Å². The van der Waals surface area contributed by atoms with Crippen LogP contribution in [0.25, 0.3) is 0 Å². The Bertz CT molecular complexity index is 919. The molecule has 0 saturated heterocycles. The van der Waals surface area contributed by atoms with E-state index in [4.69, 9.17) is 33.3 Å². The highest BCUT2D eigenvalue weighted by atomic mass is 35.5. The lowest BCUT2D eigenvalue weighted by molar-refractivity contribution is 0.122. The van der Waals surface area contributed by atoms with Crippen molar-refractivity contribution in [1.82, 2.24) is 9.97 Å². The summed E-state index contributed by atoms with van der Waals surface area (Å²) in [5.41, 5.74) is 1.04. The summed E-state index contributed by atoms with van der Waals surface area (Å²) in [4.78, 5) is 19.5. The van der Waals surface area contributed by atoms with Crippen molar-refractivity contribution in [2.24, 2.45) is 11.8 Å². The molecule has 0 radical (unpaired) electrons. The van der Waals surface area contributed by atoms with Crippen LogP contribution in [0, 0.1) is 17.2 Å². The zero-order valence-electron chi connectivity index (χ0n) is 18.2. The van der Waals surface area contributed by atoms with Gasteiger partial charge in [-0.05, 0) is 36.0 Å². The van der Waals surface area contributed by atoms with E-state index in [0.29, 0.717) is 48.2 Å². The summed E-state index contributed by atoms with van der Waals surface area (Å²) in [6, 6.07) is 5.28. The molecule has 0 aliphatic heterocycles. The van der Waals surface area contributed by atoms with Gasteiger partial charge in [-0.1, -0.05) is 56.5 Å². The SMILES string of the molecule is CCC(C)[C@@H](C)CCOCCNc1c(C=N)nc(NCc2ccc(Cl)c(Cl)c2)[nH]c1=O. The normalized spacial score (nSPS) is 12.9. The van der Waals surface area contributed by atoms with Crippen LogP contribution in [0.5, 0.6) is 0 Å². The van der Waals surface area contributed by atoms with Crippen molar-refractivity contribution in [3.05, 3.63) is 49.9 Å². The molecule has 2 rings (SSSR count). The number of hydrogen-bond donors (Lipinski definition) is 4. The molecule has 0 saturated carbocycles. The van der Waals surface area contributed by atoms with E-state index in [0.717, 1.165) is 18.2 Å². The number of aromatic nitrogens is 2. The molecule has 2 atom stereocenters. The molecule has 0 bridgehead atoms. The van der Waals surface area contributed by atoms with E-state index >= 15 is 0 Å². The average Bonchev–Trinajstić information content (AvgIpc) is 2.76. The Morgan fingerprint density at radius 2 is 1.97 bits per heavy atom. The summed E-state index contributed by atoms with van der Waals surface area (Å²) in [5, 5.41) is 14.6. The largest absolute Gasteiger partial charge is 0.380 e. The van der Waals surface area contributed by atoms with Gasteiger partial charge in [-0.15, -0.1) is 0 Å². The van der Waals surface area contributed by atoms with Crippen molar-refractivity contribution < 1.29 is 4.74 Å². The van der Waals surface area contributed by atoms with E-state index in [9.17, 15) is 4.79 Å². The number of hydrogen-bond acceptors (Lipinski definition) is 6. The molecule has 1 unspecified atom stereocenters. The number of nitrogens with zero attached hydrogens (tertiary/aromatic N) is 1. The van der Waals surface area contributed by atoms with Crippen LogP contribution in [0.1, 0.15) is 44.9 Å². The Morgan fingerprint density at radius 1 is 1.19 bits per heavy atom. The summed E-state index contributed by atoms with van der Waals surface area (Å²) in [7, 11) is 0. The number of ether oxygens (including phenoxy) is 1. The Labute approximate surface area is 193 Å². The lowest BCUT2D eigenvalue weighted by Crippen LogP contribution is -2.23. The molecule has 2 aromatic rings. The second-order valence-electron chi connectivity index (χ2n) is 7.61. The van der Waals surface area contributed by atoms with Crippen LogP contribution in [-0.2, 0) is 11.3 Å². The fraction of sp³-hybridized carbons (Fsp3) is 0.500. The first-order valence-corrected chi connectivity index (χ1v) is 11.3. The molecule has 31 heavy (non-hydrogen) atoms. The van der Waals surface area contributed by atoms with Crippen LogP contribution in [0.15, 0.2) is 23.0 Å². The number of anilines is 2. The Hall–Kier alpha value is -2.09. The van der Waals surface area contributed by atoms with Crippen LogP contribution in [0.3, 0.4) is 0 Å². The van der Waals surface area contributed by atoms with Crippen LogP contribution in [-0.4, -0.2) is 35.9 Å². The minimum absolute atomic E-state index is 0.255. The van der Waals surface area contributed by atoms with Gasteiger partial charge in [0.25, 0.3) is 5.56 Å². The number of benzene rings is 1. The van der Waals surface area contributed by atoms with E-state index < -0.39 is 0 Å². The minimum atomic E-state index is -0.351. The second-order valence-corrected chi connectivity index (χ2v) is 8.43. The van der Waals surface area contributed by atoms with Gasteiger partial charge in [-0.2, -0.15) is 0 Å². The fourth-order valence-electron chi connectivity index (χ4n) is 2.99. The molecule has 1 heterocycles. The van der Waals surface area contributed by atoms with Gasteiger partial charge in [0.1, 0.15) is 11.4 Å². The molecule has 1 aromatic carbocycles. The molecule has 4 N–H and O–H groups in total. The zero-order chi connectivity index (χ0) is 22.8. The highest BCUT2D eigenvalue weighted by molar-refractivity contribution is 6.42. The third kappa shape index (κ3) is 7.83. The van der Waals surface area contributed by atoms with Gasteiger partial charge in [0.15, 0.2) is 0 Å². The monoisotopic (exact) mass is 467 g/mol. The number of aromatic amines is 1. The highest BCUT2D eigenvalue weighted by Crippen LogP contribution is 2.23. The van der Waals surface area contributed by atoms with Crippen molar-refractivity contribution in [3.8, 4) is 0 Å². The molecule has 170 valence electrons. The van der Waals surface area contributed by atoms with Crippen LogP contribution >= 0.6 is 23.2 Å². The molecular weight excluding hydrogens is 437 g/mol. The van der Waals surface area contributed by atoms with E-state index in [1.165, 1.54) is 6.42 Å². The number of H-pyrrole nitrogens is 1. The molecule has 0 aliphatic carbocycles. The molecule has 9 heteroatoms. The lowest BCUT2D eigenvalue weighted by Gasteiger charge is -2.18. The molecular formula is C22H31Cl2N5O2. The predicted octanol–water partition coefficient (Wildman–Crippen LogP) is 5.19. The summed E-state index contributed by atoms with van der Waals surface area (Å²) < 4.78 is 5.68. The third-order valence-corrected chi connectivity index (χ3v) is 6.15. The summed E-state index contributed by atoms with van der Waals surface area (Å²) in [5.74, 6) is 1.58. The second kappa shape index (κ2) is 12.7. The molecule has 7 nitrogen and oxygen atoms in total. The van der Waals surface area contributed by atoms with Gasteiger partial charge in [-0.3, -0.25) is 9.78 Å². The van der Waals surface area contributed by atoms with Gasteiger partial charge in [0.05, 0.1) is 16.7 Å². The van der Waals surface area contributed by atoms with E-state index in [2.05, 4.69) is 41.4 Å². The predicted molar refractivity (Wildman–Crippen MR) is 129 cm³/mol. The van der Waals surface area contributed by atoms with Gasteiger partial charge in [0.2, 0.25) is 5.95 Å². The third-order valence-electron chi connectivity index (χ3n) is 5.41.